The zero-order chi connectivity index (χ0) is 16.6. The lowest BCUT2D eigenvalue weighted by Gasteiger charge is -2.19. The molecule has 1 rings (SSSR count). The SMILES string of the molecule is CCS(=O)(=O)C(/C=C/c1ccccc1)C(O)CCCC(=O)O. The van der Waals surface area contributed by atoms with E-state index in [0.29, 0.717) is 0 Å². The number of hydrogen-bond donors (Lipinski definition) is 2. The first-order valence-electron chi connectivity index (χ1n) is 7.21. The molecule has 1 aromatic rings. The molecule has 5 nitrogen and oxygen atoms in total. The molecule has 6 heteroatoms. The number of aliphatic hydroxyl groups is 1. The van der Waals surface area contributed by atoms with Gasteiger partial charge in [-0.2, -0.15) is 0 Å². The lowest BCUT2D eigenvalue weighted by Crippen LogP contribution is -2.33. The van der Waals surface area contributed by atoms with Crippen molar-refractivity contribution in [2.24, 2.45) is 0 Å². The van der Waals surface area contributed by atoms with Crippen LogP contribution in [0.5, 0.6) is 0 Å². The van der Waals surface area contributed by atoms with Crippen molar-refractivity contribution in [2.75, 3.05) is 5.75 Å². The van der Waals surface area contributed by atoms with Crippen LogP contribution in [-0.2, 0) is 14.6 Å². The van der Waals surface area contributed by atoms with Gasteiger partial charge in [-0.1, -0.05) is 49.4 Å². The summed E-state index contributed by atoms with van der Waals surface area (Å²) in [5.74, 6) is -1.03. The summed E-state index contributed by atoms with van der Waals surface area (Å²) in [6, 6.07) is 9.21. The quantitative estimate of drug-likeness (QED) is 0.725. The van der Waals surface area contributed by atoms with Gasteiger partial charge in [0.15, 0.2) is 9.84 Å². The molecule has 2 N–H and O–H groups in total. The third kappa shape index (κ3) is 5.99. The molecule has 0 aliphatic rings. The highest BCUT2D eigenvalue weighted by atomic mass is 32.2. The van der Waals surface area contributed by atoms with Gasteiger partial charge in [0.05, 0.1) is 6.10 Å². The Labute approximate surface area is 131 Å². The molecule has 122 valence electrons. The Hall–Kier alpha value is -1.66. The summed E-state index contributed by atoms with van der Waals surface area (Å²) in [6.45, 7) is 1.53. The molecule has 0 aromatic heterocycles. The maximum Gasteiger partial charge on any atom is 0.303 e. The summed E-state index contributed by atoms with van der Waals surface area (Å²) < 4.78 is 24.3. The Bertz CT molecular complexity index is 592. The van der Waals surface area contributed by atoms with Gasteiger partial charge >= 0.3 is 5.97 Å². The van der Waals surface area contributed by atoms with E-state index in [-0.39, 0.29) is 25.0 Å². The number of sulfone groups is 1. The first kappa shape index (κ1) is 18.4. The molecular formula is C16H22O5S. The highest BCUT2D eigenvalue weighted by molar-refractivity contribution is 7.92. The second-order valence-electron chi connectivity index (χ2n) is 5.04. The van der Waals surface area contributed by atoms with E-state index in [1.54, 1.807) is 6.08 Å². The highest BCUT2D eigenvalue weighted by Crippen LogP contribution is 2.17. The molecular weight excluding hydrogens is 304 g/mol. The summed E-state index contributed by atoms with van der Waals surface area (Å²) in [5.41, 5.74) is 0.844. The summed E-state index contributed by atoms with van der Waals surface area (Å²) in [4.78, 5) is 10.5. The van der Waals surface area contributed by atoms with Gasteiger partial charge in [0.25, 0.3) is 0 Å². The number of hydrogen-bond acceptors (Lipinski definition) is 4. The van der Waals surface area contributed by atoms with Crippen LogP contribution in [0.4, 0.5) is 0 Å². The number of rotatable bonds is 9. The fourth-order valence-corrected chi connectivity index (χ4v) is 3.39. The second kappa shape index (κ2) is 8.70. The van der Waals surface area contributed by atoms with Crippen molar-refractivity contribution in [3.8, 4) is 0 Å². The first-order valence-corrected chi connectivity index (χ1v) is 8.93. The number of carboxylic acid groups (broad SMARTS) is 1. The minimum atomic E-state index is -3.46. The van der Waals surface area contributed by atoms with Crippen LogP contribution in [-0.4, -0.2) is 41.7 Å². The van der Waals surface area contributed by atoms with E-state index < -0.39 is 27.2 Å². The molecule has 0 spiro atoms. The molecule has 1 aromatic carbocycles. The van der Waals surface area contributed by atoms with Crippen LogP contribution in [0.15, 0.2) is 36.4 Å². The van der Waals surface area contributed by atoms with Crippen molar-refractivity contribution >= 4 is 21.9 Å². The smallest absolute Gasteiger partial charge is 0.303 e. The molecule has 0 radical (unpaired) electrons. The van der Waals surface area contributed by atoms with E-state index in [4.69, 9.17) is 5.11 Å². The number of carboxylic acids is 1. The van der Waals surface area contributed by atoms with Crippen molar-refractivity contribution in [2.45, 2.75) is 37.5 Å². The second-order valence-corrected chi connectivity index (χ2v) is 7.49. The fourth-order valence-electron chi connectivity index (χ4n) is 2.08. The molecule has 0 bridgehead atoms. The van der Waals surface area contributed by atoms with Crippen LogP contribution in [0.25, 0.3) is 6.08 Å². The Morgan fingerprint density at radius 1 is 1.27 bits per heavy atom. The predicted molar refractivity (Wildman–Crippen MR) is 86.2 cm³/mol. The van der Waals surface area contributed by atoms with Gasteiger partial charge < -0.3 is 10.2 Å². The molecule has 0 heterocycles. The number of benzene rings is 1. The minimum absolute atomic E-state index is 0.0766. The Kier molecular flexibility index (Phi) is 7.27. The Balaban J connectivity index is 2.85. The summed E-state index contributed by atoms with van der Waals surface area (Å²) in [7, 11) is -3.46. The third-order valence-corrected chi connectivity index (χ3v) is 5.47. The summed E-state index contributed by atoms with van der Waals surface area (Å²) in [5, 5.41) is 17.7. The van der Waals surface area contributed by atoms with Crippen molar-refractivity contribution < 1.29 is 23.4 Å². The molecule has 2 unspecified atom stereocenters. The maximum atomic E-state index is 12.1. The number of aliphatic carboxylic acids is 1. The van der Waals surface area contributed by atoms with Crippen molar-refractivity contribution in [3.63, 3.8) is 0 Å². The van der Waals surface area contributed by atoms with E-state index >= 15 is 0 Å². The largest absolute Gasteiger partial charge is 0.481 e. The molecule has 22 heavy (non-hydrogen) atoms. The van der Waals surface area contributed by atoms with Crippen LogP contribution in [0, 0.1) is 0 Å². The molecule has 0 saturated carbocycles. The zero-order valence-corrected chi connectivity index (χ0v) is 13.4. The summed E-state index contributed by atoms with van der Waals surface area (Å²) in [6.07, 6.45) is 2.33. The predicted octanol–water partition coefficient (Wildman–Crippen LogP) is 2.12. The van der Waals surface area contributed by atoms with E-state index in [0.717, 1.165) is 5.56 Å². The molecule has 0 aliphatic heterocycles. The van der Waals surface area contributed by atoms with Crippen LogP contribution in [0.2, 0.25) is 0 Å². The maximum absolute atomic E-state index is 12.1. The van der Waals surface area contributed by atoms with Crippen LogP contribution >= 0.6 is 0 Å². The van der Waals surface area contributed by atoms with Gasteiger partial charge in [-0.25, -0.2) is 8.42 Å². The topological polar surface area (TPSA) is 91.7 Å². The number of carbonyl (C=O) groups is 1. The normalized spacial score (nSPS) is 14.8. The monoisotopic (exact) mass is 326 g/mol. The van der Waals surface area contributed by atoms with Gasteiger partial charge in [0.1, 0.15) is 5.25 Å². The molecule has 0 fully saturated rings. The van der Waals surface area contributed by atoms with Gasteiger partial charge in [-0.3, -0.25) is 4.79 Å². The van der Waals surface area contributed by atoms with E-state index in [1.165, 1.54) is 13.0 Å². The molecule has 0 amide bonds. The van der Waals surface area contributed by atoms with Gasteiger partial charge in [0, 0.05) is 12.2 Å². The third-order valence-electron chi connectivity index (χ3n) is 3.36. The molecule has 0 saturated heterocycles. The van der Waals surface area contributed by atoms with Crippen LogP contribution in [0.1, 0.15) is 31.7 Å². The van der Waals surface area contributed by atoms with E-state index in [1.807, 2.05) is 30.3 Å². The zero-order valence-electron chi connectivity index (χ0n) is 12.6. The van der Waals surface area contributed by atoms with Gasteiger partial charge in [-0.05, 0) is 18.4 Å². The average molecular weight is 326 g/mol. The first-order chi connectivity index (χ1) is 10.4. The van der Waals surface area contributed by atoms with Crippen molar-refractivity contribution in [3.05, 3.63) is 42.0 Å². The fraction of sp³-hybridized carbons (Fsp3) is 0.438. The standard InChI is InChI=1S/C16H22O5S/c1-2-22(20,21)15(14(17)9-6-10-16(18)19)12-11-13-7-4-3-5-8-13/h3-5,7-8,11-12,14-15,17H,2,6,9-10H2,1H3,(H,18,19)/b12-11+. The Morgan fingerprint density at radius 2 is 1.91 bits per heavy atom. The van der Waals surface area contributed by atoms with Gasteiger partial charge in [0.2, 0.25) is 0 Å². The molecule has 0 aliphatic carbocycles. The van der Waals surface area contributed by atoms with Crippen molar-refractivity contribution in [1.29, 1.82) is 0 Å². The minimum Gasteiger partial charge on any atom is -0.481 e. The van der Waals surface area contributed by atoms with E-state index in [2.05, 4.69) is 0 Å². The molecule has 2 atom stereocenters. The number of aliphatic hydroxyl groups excluding tert-OH is 1. The lowest BCUT2D eigenvalue weighted by atomic mass is 10.1. The lowest BCUT2D eigenvalue weighted by molar-refractivity contribution is -0.137. The summed E-state index contributed by atoms with van der Waals surface area (Å²) >= 11 is 0. The van der Waals surface area contributed by atoms with Crippen molar-refractivity contribution in [1.82, 2.24) is 0 Å². The van der Waals surface area contributed by atoms with Crippen LogP contribution < -0.4 is 0 Å². The van der Waals surface area contributed by atoms with E-state index in [9.17, 15) is 18.3 Å². The van der Waals surface area contributed by atoms with Crippen LogP contribution in [0.3, 0.4) is 0 Å². The Morgan fingerprint density at radius 3 is 2.45 bits per heavy atom. The highest BCUT2D eigenvalue weighted by Gasteiger charge is 2.28. The van der Waals surface area contributed by atoms with Gasteiger partial charge in [-0.15, -0.1) is 0 Å². The average Bonchev–Trinajstić information content (AvgIpc) is 2.48.